The van der Waals surface area contributed by atoms with E-state index in [1.807, 2.05) is 31.3 Å². The van der Waals surface area contributed by atoms with Gasteiger partial charge in [0.2, 0.25) is 0 Å². The number of aromatic nitrogens is 5. The van der Waals surface area contributed by atoms with E-state index in [-0.39, 0.29) is 11.2 Å². The van der Waals surface area contributed by atoms with Gasteiger partial charge in [-0.1, -0.05) is 124 Å². The molecule has 6 aromatic carbocycles. The lowest BCUT2D eigenvalue weighted by atomic mass is 9.84. The molecule has 0 unspecified atom stereocenters. The minimum absolute atomic E-state index is 0.168. The molecule has 4 heterocycles. The van der Waals surface area contributed by atoms with Crippen LogP contribution in [0.3, 0.4) is 0 Å². The number of rotatable bonds is 4. The fourth-order valence-electron chi connectivity index (χ4n) is 8.17. The largest absolute Gasteiger partial charge is 0.506 e. The number of phenolic OH excluding ortho intramolecular Hbond substituents is 1. The summed E-state index contributed by atoms with van der Waals surface area (Å²) in [5.74, 6) is 1.09. The van der Waals surface area contributed by atoms with Crippen molar-refractivity contribution in [3.63, 3.8) is 0 Å². The molecule has 10 rings (SSSR count). The van der Waals surface area contributed by atoms with Crippen molar-refractivity contribution in [2.24, 2.45) is 0 Å². The molecule has 0 amide bonds. The number of pyridine rings is 1. The van der Waals surface area contributed by atoms with E-state index < -0.39 is 0 Å². The van der Waals surface area contributed by atoms with Gasteiger partial charge in [-0.15, -0.1) is 0 Å². The molecule has 0 aliphatic carbocycles. The maximum atomic E-state index is 11.4. The number of aryl methyl sites for hydroxylation is 1. The second-order valence-electron chi connectivity index (χ2n) is 15.1. The zero-order valence-corrected chi connectivity index (χ0v) is 30.5. The Morgan fingerprint density at radius 3 is 2.15 bits per heavy atom. The highest BCUT2D eigenvalue weighted by Gasteiger charge is 2.24. The molecule has 6 nitrogen and oxygen atoms in total. The number of fused-ring (bicyclic) bond motifs is 8. The molecular weight excluding hydrogens is 663 g/mol. The van der Waals surface area contributed by atoms with Gasteiger partial charge in [0.05, 0.1) is 27.6 Å². The maximum Gasteiger partial charge on any atom is 0.167 e. The van der Waals surface area contributed by atoms with Crippen LogP contribution in [0.15, 0.2) is 146 Å². The molecule has 1 N–H and O–H groups in total. The third kappa shape index (κ3) is 4.83. The zero-order chi connectivity index (χ0) is 36.7. The molecular formula is C48H37N5O. The van der Waals surface area contributed by atoms with Gasteiger partial charge >= 0.3 is 0 Å². The zero-order valence-electron chi connectivity index (χ0n) is 30.5. The van der Waals surface area contributed by atoms with Gasteiger partial charge in [-0.3, -0.25) is 9.38 Å². The molecule has 0 aliphatic heterocycles. The molecule has 6 heteroatoms. The van der Waals surface area contributed by atoms with E-state index in [0.29, 0.717) is 0 Å². The second-order valence-corrected chi connectivity index (χ2v) is 15.1. The lowest BCUT2D eigenvalue weighted by molar-refractivity contribution is 0.480. The Kier molecular flexibility index (Phi) is 7.01. The summed E-state index contributed by atoms with van der Waals surface area (Å²) < 4.78 is 4.39. The number of nitrogens with zero attached hydrogens (tertiary/aromatic N) is 5. The Bertz CT molecular complexity index is 3110. The van der Waals surface area contributed by atoms with Crippen LogP contribution < -0.4 is 0 Å². The number of para-hydroxylation sites is 2. The minimum Gasteiger partial charge on any atom is -0.506 e. The van der Waals surface area contributed by atoms with Gasteiger partial charge in [0, 0.05) is 33.8 Å². The molecule has 4 aromatic heterocycles. The predicted octanol–water partition coefficient (Wildman–Crippen LogP) is 11.8. The van der Waals surface area contributed by atoms with Crippen LogP contribution in [-0.2, 0) is 5.41 Å². The Labute approximate surface area is 312 Å². The SMILES string of the molecule is Cc1nc2cccnc2c2nc3c(-c4cc(-n5c6ccccc6c6cccc(O)c65)cc(C(C)(C)C)c4)ccc(-c4ccccc4-c4ccccc4)c3n12. The molecule has 260 valence electrons. The normalized spacial score (nSPS) is 12.1. The van der Waals surface area contributed by atoms with Crippen molar-refractivity contribution >= 4 is 49.5 Å². The highest BCUT2D eigenvalue weighted by molar-refractivity contribution is 6.12. The van der Waals surface area contributed by atoms with Gasteiger partial charge < -0.3 is 9.67 Å². The van der Waals surface area contributed by atoms with Crippen LogP contribution in [0.25, 0.3) is 88.6 Å². The Hall–Kier alpha value is -6.79. The number of phenols is 1. The number of aromatic hydroxyl groups is 1. The van der Waals surface area contributed by atoms with E-state index in [4.69, 9.17) is 15.0 Å². The minimum atomic E-state index is -0.168. The average molecular weight is 700 g/mol. The first-order valence-corrected chi connectivity index (χ1v) is 18.3. The van der Waals surface area contributed by atoms with Crippen molar-refractivity contribution in [1.29, 1.82) is 0 Å². The number of imidazole rings is 1. The predicted molar refractivity (Wildman–Crippen MR) is 222 cm³/mol. The van der Waals surface area contributed by atoms with Crippen molar-refractivity contribution in [2.75, 3.05) is 0 Å². The van der Waals surface area contributed by atoms with Crippen molar-refractivity contribution in [3.05, 3.63) is 157 Å². The van der Waals surface area contributed by atoms with Gasteiger partial charge in [0.15, 0.2) is 5.65 Å². The summed E-state index contributed by atoms with van der Waals surface area (Å²) in [7, 11) is 0. The topological polar surface area (TPSA) is 68.2 Å². The van der Waals surface area contributed by atoms with Gasteiger partial charge in [0.1, 0.15) is 17.1 Å². The Morgan fingerprint density at radius 2 is 1.31 bits per heavy atom. The van der Waals surface area contributed by atoms with Gasteiger partial charge in [-0.25, -0.2) is 9.97 Å². The van der Waals surface area contributed by atoms with Crippen molar-refractivity contribution in [2.45, 2.75) is 33.1 Å². The van der Waals surface area contributed by atoms with Crippen molar-refractivity contribution in [3.8, 4) is 44.8 Å². The van der Waals surface area contributed by atoms with Crippen LogP contribution >= 0.6 is 0 Å². The highest BCUT2D eigenvalue weighted by Crippen LogP contribution is 2.43. The first-order valence-electron chi connectivity index (χ1n) is 18.3. The fourth-order valence-corrected chi connectivity index (χ4v) is 8.17. The number of benzene rings is 6. The maximum absolute atomic E-state index is 11.4. The molecule has 0 radical (unpaired) electrons. The molecule has 10 aromatic rings. The number of hydrogen-bond donors (Lipinski definition) is 1. The molecule has 54 heavy (non-hydrogen) atoms. The van der Waals surface area contributed by atoms with E-state index in [0.717, 1.165) is 94.4 Å². The summed E-state index contributed by atoms with van der Waals surface area (Å²) in [5.41, 5.74) is 14.6. The third-order valence-electron chi connectivity index (χ3n) is 10.7. The van der Waals surface area contributed by atoms with Crippen LogP contribution in [0.4, 0.5) is 0 Å². The van der Waals surface area contributed by atoms with Crippen LogP contribution in [0.2, 0.25) is 0 Å². The van der Waals surface area contributed by atoms with Crippen LogP contribution in [0.5, 0.6) is 5.75 Å². The summed E-state index contributed by atoms with van der Waals surface area (Å²) in [6, 6.07) is 48.5. The first kappa shape index (κ1) is 31.9. The van der Waals surface area contributed by atoms with E-state index in [1.54, 1.807) is 6.07 Å². The molecule has 0 aliphatic rings. The second kappa shape index (κ2) is 11.9. The monoisotopic (exact) mass is 699 g/mol. The molecule has 0 saturated heterocycles. The Morgan fingerprint density at radius 1 is 0.574 bits per heavy atom. The van der Waals surface area contributed by atoms with Gasteiger partial charge in [-0.2, -0.15) is 0 Å². The quantitative estimate of drug-likeness (QED) is 0.199. The molecule has 0 bridgehead atoms. The van der Waals surface area contributed by atoms with E-state index in [2.05, 4.69) is 145 Å². The summed E-state index contributed by atoms with van der Waals surface area (Å²) in [6.45, 7) is 8.79. The number of hydrogen-bond acceptors (Lipinski definition) is 4. The van der Waals surface area contributed by atoms with Gasteiger partial charge in [0.25, 0.3) is 0 Å². The summed E-state index contributed by atoms with van der Waals surface area (Å²) in [5, 5.41) is 13.5. The standard InChI is InChI=1S/C48H37N5O/c1-29-50-40-20-13-25-49-44(40)47-51-43-35(23-24-39(46(43)52(29)47)36-17-9-8-16-34(36)30-14-6-5-7-15-30)31-26-32(48(2,3)4)28-33(27-31)53-41-21-11-10-18-37(41)38-19-12-22-42(54)45(38)53/h5-28,54H,1-4H3. The summed E-state index contributed by atoms with van der Waals surface area (Å²) in [4.78, 5) is 15.3. The van der Waals surface area contributed by atoms with Crippen LogP contribution in [-0.4, -0.2) is 29.0 Å². The van der Waals surface area contributed by atoms with Crippen LogP contribution in [0.1, 0.15) is 32.2 Å². The smallest absolute Gasteiger partial charge is 0.167 e. The van der Waals surface area contributed by atoms with E-state index in [1.165, 1.54) is 5.56 Å². The van der Waals surface area contributed by atoms with E-state index >= 15 is 0 Å². The Balaban J connectivity index is 1.32. The van der Waals surface area contributed by atoms with Crippen LogP contribution in [0, 0.1) is 6.92 Å². The van der Waals surface area contributed by atoms with Crippen molar-refractivity contribution < 1.29 is 5.11 Å². The molecule has 0 spiro atoms. The summed E-state index contributed by atoms with van der Waals surface area (Å²) in [6.07, 6.45) is 1.81. The molecule has 0 saturated carbocycles. The molecule has 0 atom stereocenters. The highest BCUT2D eigenvalue weighted by atomic mass is 16.3. The lowest BCUT2D eigenvalue weighted by Gasteiger charge is -2.23. The molecule has 0 fully saturated rings. The van der Waals surface area contributed by atoms with E-state index in [9.17, 15) is 5.11 Å². The third-order valence-corrected chi connectivity index (χ3v) is 10.7. The van der Waals surface area contributed by atoms with Gasteiger partial charge in [-0.05, 0) is 76.6 Å². The lowest BCUT2D eigenvalue weighted by Crippen LogP contribution is -2.12. The van der Waals surface area contributed by atoms with Crippen molar-refractivity contribution in [1.82, 2.24) is 23.9 Å². The fraction of sp³-hybridized carbons (Fsp3) is 0.104. The average Bonchev–Trinajstić information content (AvgIpc) is 3.76. The first-order chi connectivity index (χ1) is 26.3. The summed E-state index contributed by atoms with van der Waals surface area (Å²) >= 11 is 0.